The molecule has 2 rings (SSSR count). The molecule has 0 amide bonds. The fraction of sp³-hybridized carbons (Fsp3) is 0.800. The third-order valence-corrected chi connectivity index (χ3v) is 3.79. The van der Waals surface area contributed by atoms with Crippen molar-refractivity contribution in [2.24, 2.45) is 5.92 Å². The Balaban J connectivity index is 1.83. The maximum Gasteiger partial charge on any atom is 0.0948 e. The van der Waals surface area contributed by atoms with E-state index in [-0.39, 0.29) is 0 Å². The van der Waals surface area contributed by atoms with Crippen LogP contribution in [-0.4, -0.2) is 15.6 Å². The SMILES string of the molecule is CC(C)Cn1cncc1CNC1CCCCCC1. The Morgan fingerprint density at radius 1 is 1.28 bits per heavy atom. The summed E-state index contributed by atoms with van der Waals surface area (Å²) in [4.78, 5) is 4.28. The lowest BCUT2D eigenvalue weighted by Gasteiger charge is -2.17. The van der Waals surface area contributed by atoms with Gasteiger partial charge in [0.15, 0.2) is 0 Å². The van der Waals surface area contributed by atoms with Gasteiger partial charge in [-0.1, -0.05) is 39.5 Å². The Kier molecular flexibility index (Phi) is 5.24. The van der Waals surface area contributed by atoms with Gasteiger partial charge in [0, 0.05) is 25.3 Å². The Labute approximate surface area is 111 Å². The van der Waals surface area contributed by atoms with Crippen molar-refractivity contribution in [3.63, 3.8) is 0 Å². The monoisotopic (exact) mass is 249 g/mol. The molecule has 0 bridgehead atoms. The highest BCUT2D eigenvalue weighted by Crippen LogP contribution is 2.17. The van der Waals surface area contributed by atoms with E-state index in [0.717, 1.165) is 19.1 Å². The molecule has 1 fully saturated rings. The fourth-order valence-corrected chi connectivity index (χ4v) is 2.79. The Hall–Kier alpha value is -0.830. The predicted molar refractivity (Wildman–Crippen MR) is 75.4 cm³/mol. The average Bonchev–Trinajstić information content (AvgIpc) is 2.62. The maximum atomic E-state index is 4.28. The molecule has 1 N–H and O–H groups in total. The van der Waals surface area contributed by atoms with Crippen LogP contribution in [0, 0.1) is 5.92 Å². The van der Waals surface area contributed by atoms with Crippen molar-refractivity contribution in [3.8, 4) is 0 Å². The standard InChI is InChI=1S/C15H27N3/c1-13(2)11-18-12-16-9-15(18)10-17-14-7-5-3-4-6-8-14/h9,12-14,17H,3-8,10-11H2,1-2H3. The highest BCUT2D eigenvalue weighted by molar-refractivity contribution is 4.98. The van der Waals surface area contributed by atoms with Gasteiger partial charge in [0.2, 0.25) is 0 Å². The number of nitrogens with one attached hydrogen (secondary N) is 1. The van der Waals surface area contributed by atoms with Crippen LogP contribution in [-0.2, 0) is 13.1 Å². The summed E-state index contributed by atoms with van der Waals surface area (Å²) in [5, 5.41) is 3.72. The number of imidazole rings is 1. The largest absolute Gasteiger partial charge is 0.333 e. The maximum absolute atomic E-state index is 4.28. The molecule has 0 saturated heterocycles. The van der Waals surface area contributed by atoms with Crippen LogP contribution in [0.5, 0.6) is 0 Å². The van der Waals surface area contributed by atoms with Gasteiger partial charge >= 0.3 is 0 Å². The molecule has 0 aromatic carbocycles. The van der Waals surface area contributed by atoms with Crippen LogP contribution >= 0.6 is 0 Å². The summed E-state index contributed by atoms with van der Waals surface area (Å²) in [6.07, 6.45) is 12.3. The lowest BCUT2D eigenvalue weighted by molar-refractivity contribution is 0.440. The fourth-order valence-electron chi connectivity index (χ4n) is 2.79. The number of rotatable bonds is 5. The predicted octanol–water partition coefficient (Wildman–Crippen LogP) is 3.35. The topological polar surface area (TPSA) is 29.9 Å². The lowest BCUT2D eigenvalue weighted by Crippen LogP contribution is -2.29. The first kappa shape index (κ1) is 13.6. The minimum absolute atomic E-state index is 0.677. The zero-order valence-corrected chi connectivity index (χ0v) is 11.9. The second-order valence-electron chi connectivity index (χ2n) is 6.00. The highest BCUT2D eigenvalue weighted by Gasteiger charge is 2.12. The zero-order valence-electron chi connectivity index (χ0n) is 11.9. The van der Waals surface area contributed by atoms with Crippen LogP contribution in [0.15, 0.2) is 12.5 Å². The van der Waals surface area contributed by atoms with Crippen molar-refractivity contribution in [2.45, 2.75) is 71.5 Å². The van der Waals surface area contributed by atoms with E-state index in [1.54, 1.807) is 0 Å². The highest BCUT2D eigenvalue weighted by atomic mass is 15.1. The number of hydrogen-bond acceptors (Lipinski definition) is 2. The number of nitrogens with zero attached hydrogens (tertiary/aromatic N) is 2. The van der Waals surface area contributed by atoms with Gasteiger partial charge in [-0.05, 0) is 18.8 Å². The molecule has 1 aromatic heterocycles. The molecule has 3 nitrogen and oxygen atoms in total. The molecule has 0 radical (unpaired) electrons. The second-order valence-corrected chi connectivity index (χ2v) is 6.00. The molecule has 3 heteroatoms. The third-order valence-electron chi connectivity index (χ3n) is 3.79. The van der Waals surface area contributed by atoms with Gasteiger partial charge in [0.1, 0.15) is 0 Å². The second kappa shape index (κ2) is 6.93. The molecule has 0 aliphatic heterocycles. The Bertz CT molecular complexity index is 335. The first-order chi connectivity index (χ1) is 8.75. The van der Waals surface area contributed by atoms with E-state index in [4.69, 9.17) is 0 Å². The Morgan fingerprint density at radius 2 is 2.00 bits per heavy atom. The first-order valence-electron chi connectivity index (χ1n) is 7.48. The van der Waals surface area contributed by atoms with Crippen LogP contribution in [0.3, 0.4) is 0 Å². The van der Waals surface area contributed by atoms with Gasteiger partial charge in [-0.2, -0.15) is 0 Å². The smallest absolute Gasteiger partial charge is 0.0948 e. The zero-order chi connectivity index (χ0) is 12.8. The lowest BCUT2D eigenvalue weighted by atomic mass is 10.1. The molecule has 0 spiro atoms. The third kappa shape index (κ3) is 4.13. The molecule has 18 heavy (non-hydrogen) atoms. The van der Waals surface area contributed by atoms with Crippen molar-refractivity contribution >= 4 is 0 Å². The summed E-state index contributed by atoms with van der Waals surface area (Å²) < 4.78 is 2.29. The number of aromatic nitrogens is 2. The van der Waals surface area contributed by atoms with Gasteiger partial charge in [-0.15, -0.1) is 0 Å². The van der Waals surface area contributed by atoms with E-state index in [1.807, 2.05) is 12.5 Å². The molecule has 1 aliphatic rings. The van der Waals surface area contributed by atoms with Gasteiger partial charge in [0.25, 0.3) is 0 Å². The van der Waals surface area contributed by atoms with E-state index in [1.165, 1.54) is 44.2 Å². The van der Waals surface area contributed by atoms with Gasteiger partial charge in [-0.25, -0.2) is 4.98 Å². The molecule has 1 aromatic rings. The van der Waals surface area contributed by atoms with Crippen LogP contribution in [0.25, 0.3) is 0 Å². The summed E-state index contributed by atoms with van der Waals surface area (Å²) in [6.45, 7) is 6.55. The van der Waals surface area contributed by atoms with Crippen LogP contribution in [0.2, 0.25) is 0 Å². The van der Waals surface area contributed by atoms with E-state index >= 15 is 0 Å². The minimum Gasteiger partial charge on any atom is -0.333 e. The quantitative estimate of drug-likeness (QED) is 0.811. The van der Waals surface area contributed by atoms with Crippen molar-refractivity contribution in [2.75, 3.05) is 0 Å². The molecule has 0 atom stereocenters. The summed E-state index contributed by atoms with van der Waals surface area (Å²) in [5.74, 6) is 0.677. The number of hydrogen-bond donors (Lipinski definition) is 1. The molecule has 1 saturated carbocycles. The molecular weight excluding hydrogens is 222 g/mol. The van der Waals surface area contributed by atoms with E-state index < -0.39 is 0 Å². The molecule has 0 unspecified atom stereocenters. The first-order valence-corrected chi connectivity index (χ1v) is 7.48. The molecule has 1 heterocycles. The Morgan fingerprint density at radius 3 is 2.67 bits per heavy atom. The van der Waals surface area contributed by atoms with Crippen LogP contribution in [0.4, 0.5) is 0 Å². The van der Waals surface area contributed by atoms with Gasteiger partial charge in [-0.3, -0.25) is 0 Å². The van der Waals surface area contributed by atoms with Crippen molar-refractivity contribution in [3.05, 3.63) is 18.2 Å². The molecule has 102 valence electrons. The summed E-state index contributed by atoms with van der Waals surface area (Å²) >= 11 is 0. The molecular formula is C15H27N3. The molecule has 1 aliphatic carbocycles. The minimum atomic E-state index is 0.677. The van der Waals surface area contributed by atoms with Crippen molar-refractivity contribution in [1.82, 2.24) is 14.9 Å². The van der Waals surface area contributed by atoms with Crippen LogP contribution in [0.1, 0.15) is 58.1 Å². The van der Waals surface area contributed by atoms with Gasteiger partial charge < -0.3 is 9.88 Å². The summed E-state index contributed by atoms with van der Waals surface area (Å²) in [5.41, 5.74) is 1.33. The van der Waals surface area contributed by atoms with E-state index in [0.29, 0.717) is 5.92 Å². The van der Waals surface area contributed by atoms with Crippen molar-refractivity contribution < 1.29 is 0 Å². The normalized spacial score (nSPS) is 18.2. The summed E-state index contributed by atoms with van der Waals surface area (Å²) in [7, 11) is 0. The van der Waals surface area contributed by atoms with E-state index in [2.05, 4.69) is 28.7 Å². The van der Waals surface area contributed by atoms with Crippen LogP contribution < -0.4 is 5.32 Å². The van der Waals surface area contributed by atoms with E-state index in [9.17, 15) is 0 Å². The average molecular weight is 249 g/mol. The van der Waals surface area contributed by atoms with Gasteiger partial charge in [0.05, 0.1) is 12.0 Å². The summed E-state index contributed by atoms with van der Waals surface area (Å²) in [6, 6.07) is 0.718. The van der Waals surface area contributed by atoms with Crippen molar-refractivity contribution in [1.29, 1.82) is 0 Å².